The van der Waals surface area contributed by atoms with Gasteiger partial charge in [-0.3, -0.25) is 4.79 Å². The van der Waals surface area contributed by atoms with E-state index >= 15 is 0 Å². The van der Waals surface area contributed by atoms with Crippen LogP contribution in [0.4, 0.5) is 10.1 Å². The topological polar surface area (TPSA) is 92.9 Å². The van der Waals surface area contributed by atoms with E-state index in [0.717, 1.165) is 5.69 Å². The van der Waals surface area contributed by atoms with Crippen LogP contribution in [0, 0.1) is 5.82 Å². The lowest BCUT2D eigenvalue weighted by molar-refractivity contribution is 0.0746. The smallest absolute Gasteiger partial charge is 0.254 e. The molecule has 0 bridgehead atoms. The highest BCUT2D eigenvalue weighted by molar-refractivity contribution is 7.89. The van der Waals surface area contributed by atoms with E-state index in [1.807, 2.05) is 0 Å². The minimum atomic E-state index is -4.02. The second-order valence-corrected chi connectivity index (χ2v) is 7.70. The number of primary sulfonamides is 1. The molecule has 1 amide bonds. The number of methoxy groups -OCH3 is 1. The second kappa shape index (κ2) is 7.53. The van der Waals surface area contributed by atoms with Crippen molar-refractivity contribution in [3.63, 3.8) is 0 Å². The highest BCUT2D eigenvalue weighted by Crippen LogP contribution is 2.25. The molecule has 2 N–H and O–H groups in total. The molecule has 27 heavy (non-hydrogen) atoms. The van der Waals surface area contributed by atoms with E-state index in [9.17, 15) is 17.6 Å². The summed E-state index contributed by atoms with van der Waals surface area (Å²) >= 11 is 0. The average molecular weight is 393 g/mol. The van der Waals surface area contributed by atoms with Gasteiger partial charge in [-0.2, -0.15) is 0 Å². The van der Waals surface area contributed by atoms with E-state index in [1.54, 1.807) is 17.0 Å². The van der Waals surface area contributed by atoms with Crippen molar-refractivity contribution in [1.82, 2.24) is 4.90 Å². The molecule has 0 atom stereocenters. The largest absolute Gasteiger partial charge is 0.495 e. The summed E-state index contributed by atoms with van der Waals surface area (Å²) in [7, 11) is -2.68. The van der Waals surface area contributed by atoms with Gasteiger partial charge in [0.2, 0.25) is 10.0 Å². The van der Waals surface area contributed by atoms with Gasteiger partial charge < -0.3 is 14.5 Å². The predicted molar refractivity (Wildman–Crippen MR) is 98.9 cm³/mol. The Balaban J connectivity index is 1.73. The van der Waals surface area contributed by atoms with E-state index in [0.29, 0.717) is 26.2 Å². The van der Waals surface area contributed by atoms with Crippen molar-refractivity contribution in [2.45, 2.75) is 4.90 Å². The molecule has 0 radical (unpaired) electrons. The SMILES string of the molecule is COc1ccc(C(=O)N2CCN(c3ccc(F)cc3)CC2)cc1S(N)(=O)=O. The van der Waals surface area contributed by atoms with Crippen LogP contribution in [-0.2, 0) is 10.0 Å². The van der Waals surface area contributed by atoms with E-state index in [1.165, 1.54) is 37.4 Å². The molecule has 1 aliphatic heterocycles. The number of piperazine rings is 1. The van der Waals surface area contributed by atoms with Crippen molar-refractivity contribution in [2.24, 2.45) is 5.14 Å². The summed E-state index contributed by atoms with van der Waals surface area (Å²) in [6, 6.07) is 10.4. The summed E-state index contributed by atoms with van der Waals surface area (Å²) in [6.07, 6.45) is 0. The van der Waals surface area contributed by atoms with E-state index in [-0.39, 0.29) is 27.9 Å². The van der Waals surface area contributed by atoms with Gasteiger partial charge >= 0.3 is 0 Å². The van der Waals surface area contributed by atoms with Gasteiger partial charge in [0.05, 0.1) is 7.11 Å². The summed E-state index contributed by atoms with van der Waals surface area (Å²) in [5, 5.41) is 5.21. The molecule has 0 spiro atoms. The number of sulfonamides is 1. The number of carbonyl (C=O) groups excluding carboxylic acids is 1. The molecular weight excluding hydrogens is 373 g/mol. The highest BCUT2D eigenvalue weighted by Gasteiger charge is 2.24. The van der Waals surface area contributed by atoms with Gasteiger partial charge in [-0.25, -0.2) is 17.9 Å². The van der Waals surface area contributed by atoms with Gasteiger partial charge in [0.1, 0.15) is 16.5 Å². The molecule has 1 fully saturated rings. The van der Waals surface area contributed by atoms with Crippen LogP contribution in [0.25, 0.3) is 0 Å². The van der Waals surface area contributed by atoms with Gasteiger partial charge in [0.25, 0.3) is 5.91 Å². The molecule has 0 aliphatic carbocycles. The maximum Gasteiger partial charge on any atom is 0.254 e. The molecule has 0 aromatic heterocycles. The number of ether oxygens (including phenoxy) is 1. The maximum atomic E-state index is 13.0. The van der Waals surface area contributed by atoms with Crippen molar-refractivity contribution in [1.29, 1.82) is 0 Å². The molecular formula is C18H20FN3O4S. The normalized spacial score (nSPS) is 14.9. The molecule has 0 unspecified atom stereocenters. The Kier molecular flexibility index (Phi) is 5.33. The number of hydrogen-bond donors (Lipinski definition) is 1. The van der Waals surface area contributed by atoms with Crippen LogP contribution in [0.15, 0.2) is 47.4 Å². The fourth-order valence-corrected chi connectivity index (χ4v) is 3.76. The number of anilines is 1. The van der Waals surface area contributed by atoms with Crippen LogP contribution in [0.5, 0.6) is 5.75 Å². The summed E-state index contributed by atoms with van der Waals surface area (Å²) in [6.45, 7) is 2.12. The maximum absolute atomic E-state index is 13.0. The van der Waals surface area contributed by atoms with Crippen molar-refractivity contribution in [3.8, 4) is 5.75 Å². The third-order valence-electron chi connectivity index (χ3n) is 4.48. The van der Waals surface area contributed by atoms with Crippen molar-refractivity contribution < 1.29 is 22.3 Å². The van der Waals surface area contributed by atoms with Crippen molar-refractivity contribution in [2.75, 3.05) is 38.2 Å². The first-order valence-corrected chi connectivity index (χ1v) is 9.85. The third-order valence-corrected chi connectivity index (χ3v) is 5.41. The predicted octanol–water partition coefficient (Wildman–Crippen LogP) is 1.44. The Morgan fingerprint density at radius 2 is 1.70 bits per heavy atom. The quantitative estimate of drug-likeness (QED) is 0.849. The van der Waals surface area contributed by atoms with Crippen LogP contribution in [-0.4, -0.2) is 52.5 Å². The lowest BCUT2D eigenvalue weighted by Gasteiger charge is -2.36. The standard InChI is InChI=1S/C18H20FN3O4S/c1-26-16-7-2-13(12-17(16)27(20,24)25)18(23)22-10-8-21(9-11-22)15-5-3-14(19)4-6-15/h2-7,12H,8-11H2,1H3,(H2,20,24,25). The molecule has 7 nitrogen and oxygen atoms in total. The van der Waals surface area contributed by atoms with Gasteiger partial charge in [0.15, 0.2) is 0 Å². The number of carbonyl (C=O) groups is 1. The first kappa shape index (κ1) is 19.1. The Morgan fingerprint density at radius 3 is 2.26 bits per heavy atom. The zero-order chi connectivity index (χ0) is 19.6. The molecule has 2 aromatic carbocycles. The number of nitrogens with two attached hydrogens (primary N) is 1. The van der Waals surface area contributed by atoms with Crippen LogP contribution in [0.1, 0.15) is 10.4 Å². The summed E-state index contributed by atoms with van der Waals surface area (Å²) < 4.78 is 41.5. The molecule has 3 rings (SSSR count). The number of amides is 1. The summed E-state index contributed by atoms with van der Waals surface area (Å²) in [5.74, 6) is -0.478. The zero-order valence-electron chi connectivity index (χ0n) is 14.8. The fraction of sp³-hybridized carbons (Fsp3) is 0.278. The number of benzene rings is 2. The minimum absolute atomic E-state index is 0.0928. The molecule has 9 heteroatoms. The number of halogens is 1. The van der Waals surface area contributed by atoms with E-state index in [2.05, 4.69) is 4.90 Å². The van der Waals surface area contributed by atoms with Crippen LogP contribution < -0.4 is 14.8 Å². The second-order valence-electron chi connectivity index (χ2n) is 6.17. The number of nitrogens with zero attached hydrogens (tertiary/aromatic N) is 2. The summed E-state index contributed by atoms with van der Waals surface area (Å²) in [5.41, 5.74) is 1.12. The van der Waals surface area contributed by atoms with Gasteiger partial charge in [-0.15, -0.1) is 0 Å². The third kappa shape index (κ3) is 4.20. The Labute approximate surface area is 157 Å². The van der Waals surface area contributed by atoms with Gasteiger partial charge in [0, 0.05) is 37.4 Å². The van der Waals surface area contributed by atoms with Gasteiger partial charge in [-0.1, -0.05) is 0 Å². The lowest BCUT2D eigenvalue weighted by Crippen LogP contribution is -2.48. The van der Waals surface area contributed by atoms with Crippen LogP contribution in [0.2, 0.25) is 0 Å². The first-order chi connectivity index (χ1) is 12.8. The molecule has 144 valence electrons. The first-order valence-electron chi connectivity index (χ1n) is 8.30. The number of rotatable bonds is 4. The lowest BCUT2D eigenvalue weighted by atomic mass is 10.1. The summed E-state index contributed by atoms with van der Waals surface area (Å²) in [4.78, 5) is 16.2. The van der Waals surface area contributed by atoms with Crippen molar-refractivity contribution in [3.05, 3.63) is 53.8 Å². The Hall–Kier alpha value is -2.65. The Bertz CT molecular complexity index is 940. The van der Waals surface area contributed by atoms with E-state index in [4.69, 9.17) is 9.88 Å². The molecule has 1 heterocycles. The van der Waals surface area contributed by atoms with Crippen LogP contribution >= 0.6 is 0 Å². The Morgan fingerprint density at radius 1 is 1.07 bits per heavy atom. The molecule has 2 aromatic rings. The van der Waals surface area contributed by atoms with Crippen molar-refractivity contribution >= 4 is 21.6 Å². The molecule has 1 saturated heterocycles. The minimum Gasteiger partial charge on any atom is -0.495 e. The highest BCUT2D eigenvalue weighted by atomic mass is 32.2. The molecule has 0 saturated carbocycles. The monoisotopic (exact) mass is 393 g/mol. The fourth-order valence-electron chi connectivity index (χ4n) is 3.03. The average Bonchev–Trinajstić information content (AvgIpc) is 2.67. The van der Waals surface area contributed by atoms with Gasteiger partial charge in [-0.05, 0) is 42.5 Å². The number of hydrogen-bond acceptors (Lipinski definition) is 5. The van der Waals surface area contributed by atoms with E-state index < -0.39 is 10.0 Å². The zero-order valence-corrected chi connectivity index (χ0v) is 15.6. The molecule has 1 aliphatic rings. The van der Waals surface area contributed by atoms with Crippen LogP contribution in [0.3, 0.4) is 0 Å².